The molecule has 3 amide bonds. The van der Waals surface area contributed by atoms with Gasteiger partial charge in [0.2, 0.25) is 15.9 Å². The van der Waals surface area contributed by atoms with Gasteiger partial charge in [-0.3, -0.25) is 4.79 Å². The third-order valence-electron chi connectivity index (χ3n) is 6.22. The summed E-state index contributed by atoms with van der Waals surface area (Å²) in [5.41, 5.74) is 0.870. The number of hydrogen-bond acceptors (Lipinski definition) is 5. The Morgan fingerprint density at radius 1 is 0.946 bits per heavy atom. The summed E-state index contributed by atoms with van der Waals surface area (Å²) < 4.78 is 28.2. The van der Waals surface area contributed by atoms with Gasteiger partial charge in [-0.2, -0.15) is 4.31 Å². The third kappa shape index (κ3) is 6.07. The predicted octanol–water partition coefficient (Wildman–Crippen LogP) is 2.06. The molecule has 0 radical (unpaired) electrons. The summed E-state index contributed by atoms with van der Waals surface area (Å²) in [6, 6.07) is 18.1. The number of aliphatic carboxylic acids is 1. The monoisotopic (exact) mass is 524 g/mol. The molecule has 3 aromatic carbocycles. The average molecular weight is 525 g/mol. The van der Waals surface area contributed by atoms with Gasteiger partial charge in [-0.05, 0) is 29.9 Å². The van der Waals surface area contributed by atoms with Crippen LogP contribution in [0.25, 0.3) is 10.8 Å². The number of amides is 3. The van der Waals surface area contributed by atoms with E-state index in [1.165, 1.54) is 6.07 Å². The minimum Gasteiger partial charge on any atom is -0.480 e. The normalized spacial score (nSPS) is 16.7. The van der Waals surface area contributed by atoms with Gasteiger partial charge < -0.3 is 21.1 Å². The highest BCUT2D eigenvalue weighted by Crippen LogP contribution is 2.30. The summed E-state index contributed by atoms with van der Waals surface area (Å²) in [5.74, 6) is -2.07. The largest absolute Gasteiger partial charge is 0.480 e. The Kier molecular flexibility index (Phi) is 8.04. The van der Waals surface area contributed by atoms with E-state index in [0.29, 0.717) is 11.8 Å². The van der Waals surface area contributed by atoms with Crippen molar-refractivity contribution in [3.63, 3.8) is 0 Å². The van der Waals surface area contributed by atoms with Crippen molar-refractivity contribution in [2.24, 2.45) is 0 Å². The van der Waals surface area contributed by atoms with Gasteiger partial charge in [0.05, 0.1) is 11.4 Å². The van der Waals surface area contributed by atoms with E-state index >= 15 is 0 Å². The SMILES string of the molecule is O=C(NCc1ccccc1)NCC(NC(=O)C1CCCN1S(=O)(=O)c1cccc2ccccc12)C(=O)O. The van der Waals surface area contributed by atoms with Crippen LogP contribution in [0, 0.1) is 0 Å². The number of carboxylic acid groups (broad SMARTS) is 1. The number of nitrogens with zero attached hydrogens (tertiary/aromatic N) is 1. The van der Waals surface area contributed by atoms with E-state index in [0.717, 1.165) is 15.3 Å². The average Bonchev–Trinajstić information content (AvgIpc) is 3.41. The fraction of sp³-hybridized carbons (Fsp3) is 0.269. The highest BCUT2D eigenvalue weighted by atomic mass is 32.2. The number of urea groups is 1. The summed E-state index contributed by atoms with van der Waals surface area (Å²) >= 11 is 0. The van der Waals surface area contributed by atoms with Crippen LogP contribution in [0.3, 0.4) is 0 Å². The highest BCUT2D eigenvalue weighted by molar-refractivity contribution is 7.89. The zero-order chi connectivity index (χ0) is 26.4. The van der Waals surface area contributed by atoms with Gasteiger partial charge in [0.25, 0.3) is 0 Å². The second-order valence-corrected chi connectivity index (χ2v) is 10.6. The Morgan fingerprint density at radius 3 is 2.41 bits per heavy atom. The van der Waals surface area contributed by atoms with Crippen molar-refractivity contribution in [3.05, 3.63) is 78.4 Å². The lowest BCUT2D eigenvalue weighted by Gasteiger charge is -2.25. The molecule has 1 aliphatic rings. The van der Waals surface area contributed by atoms with Crippen molar-refractivity contribution in [1.29, 1.82) is 0 Å². The van der Waals surface area contributed by atoms with Crippen LogP contribution in [-0.2, 0) is 26.2 Å². The summed E-state index contributed by atoms with van der Waals surface area (Å²) in [5, 5.41) is 18.3. The Labute approximate surface area is 214 Å². The fourth-order valence-electron chi connectivity index (χ4n) is 4.34. The quantitative estimate of drug-likeness (QED) is 0.337. The molecule has 4 N–H and O–H groups in total. The Hall–Kier alpha value is -3.96. The number of sulfonamides is 1. The molecular weight excluding hydrogens is 496 g/mol. The van der Waals surface area contributed by atoms with Crippen LogP contribution in [0.5, 0.6) is 0 Å². The molecule has 0 aromatic heterocycles. The topological polar surface area (TPSA) is 145 Å². The summed E-state index contributed by atoms with van der Waals surface area (Å²) in [6.07, 6.45) is 0.715. The maximum absolute atomic E-state index is 13.6. The van der Waals surface area contributed by atoms with Crippen LogP contribution >= 0.6 is 0 Å². The van der Waals surface area contributed by atoms with Gasteiger partial charge in [-0.15, -0.1) is 0 Å². The summed E-state index contributed by atoms with van der Waals surface area (Å²) in [4.78, 5) is 37.0. The number of nitrogens with one attached hydrogen (secondary N) is 3. The van der Waals surface area contributed by atoms with E-state index in [1.54, 1.807) is 18.2 Å². The Balaban J connectivity index is 1.41. The smallest absolute Gasteiger partial charge is 0.328 e. The van der Waals surface area contributed by atoms with Crippen LogP contribution in [0.4, 0.5) is 4.79 Å². The van der Waals surface area contributed by atoms with Crippen molar-refractivity contribution in [1.82, 2.24) is 20.3 Å². The maximum Gasteiger partial charge on any atom is 0.328 e. The van der Waals surface area contributed by atoms with Crippen LogP contribution in [0.15, 0.2) is 77.7 Å². The number of carbonyl (C=O) groups is 3. The molecule has 2 unspecified atom stereocenters. The van der Waals surface area contributed by atoms with E-state index in [1.807, 2.05) is 48.5 Å². The molecule has 3 aromatic rings. The molecule has 0 saturated carbocycles. The van der Waals surface area contributed by atoms with Crippen molar-refractivity contribution < 1.29 is 27.9 Å². The first kappa shape index (κ1) is 26.1. The van der Waals surface area contributed by atoms with Crippen molar-refractivity contribution in [2.45, 2.75) is 36.4 Å². The molecule has 1 aliphatic heterocycles. The van der Waals surface area contributed by atoms with Crippen LogP contribution in [0.1, 0.15) is 18.4 Å². The van der Waals surface area contributed by atoms with E-state index in [-0.39, 0.29) is 31.0 Å². The molecule has 0 spiro atoms. The van der Waals surface area contributed by atoms with Crippen molar-refractivity contribution in [2.75, 3.05) is 13.1 Å². The number of carboxylic acids is 1. The number of fused-ring (bicyclic) bond motifs is 1. The molecule has 37 heavy (non-hydrogen) atoms. The van der Waals surface area contributed by atoms with Gasteiger partial charge in [0.1, 0.15) is 12.1 Å². The van der Waals surface area contributed by atoms with E-state index < -0.39 is 40.0 Å². The van der Waals surface area contributed by atoms with Crippen molar-refractivity contribution in [3.8, 4) is 0 Å². The van der Waals surface area contributed by atoms with Gasteiger partial charge in [0, 0.05) is 18.5 Å². The van der Waals surface area contributed by atoms with E-state index in [2.05, 4.69) is 16.0 Å². The molecule has 4 rings (SSSR count). The van der Waals surface area contributed by atoms with Gasteiger partial charge in [-0.1, -0.05) is 66.7 Å². The molecule has 1 heterocycles. The molecule has 1 saturated heterocycles. The molecule has 10 nitrogen and oxygen atoms in total. The van der Waals surface area contributed by atoms with Gasteiger partial charge >= 0.3 is 12.0 Å². The van der Waals surface area contributed by atoms with E-state index in [4.69, 9.17) is 0 Å². The van der Waals surface area contributed by atoms with Crippen LogP contribution in [0.2, 0.25) is 0 Å². The Bertz CT molecular complexity index is 1390. The molecular formula is C26H28N4O6S. The molecule has 1 fully saturated rings. The lowest BCUT2D eigenvalue weighted by atomic mass is 10.1. The minimum absolute atomic E-state index is 0.0943. The second-order valence-electron chi connectivity index (χ2n) is 8.70. The molecule has 2 atom stereocenters. The first-order valence-corrected chi connectivity index (χ1v) is 13.3. The van der Waals surface area contributed by atoms with Crippen molar-refractivity contribution >= 4 is 38.7 Å². The molecule has 194 valence electrons. The highest BCUT2D eigenvalue weighted by Gasteiger charge is 2.41. The zero-order valence-corrected chi connectivity index (χ0v) is 20.8. The first-order valence-electron chi connectivity index (χ1n) is 11.9. The number of carbonyl (C=O) groups excluding carboxylic acids is 2. The lowest BCUT2D eigenvalue weighted by Crippen LogP contribution is -2.54. The number of rotatable bonds is 9. The minimum atomic E-state index is -4.03. The fourth-order valence-corrected chi connectivity index (χ4v) is 6.21. The number of hydrogen-bond donors (Lipinski definition) is 4. The molecule has 11 heteroatoms. The summed E-state index contributed by atoms with van der Waals surface area (Å²) in [6.45, 7) is 0.0197. The molecule has 0 aliphatic carbocycles. The van der Waals surface area contributed by atoms with E-state index in [9.17, 15) is 27.9 Å². The zero-order valence-electron chi connectivity index (χ0n) is 20.0. The van der Waals surface area contributed by atoms with Crippen LogP contribution in [-0.4, -0.2) is 60.9 Å². The Morgan fingerprint density at radius 2 is 1.65 bits per heavy atom. The summed E-state index contributed by atoms with van der Waals surface area (Å²) in [7, 11) is -4.03. The second kappa shape index (κ2) is 11.4. The lowest BCUT2D eigenvalue weighted by molar-refractivity contribution is -0.142. The third-order valence-corrected chi connectivity index (χ3v) is 8.19. The van der Waals surface area contributed by atoms with Gasteiger partial charge in [-0.25, -0.2) is 18.0 Å². The molecule has 0 bridgehead atoms. The van der Waals surface area contributed by atoms with Gasteiger partial charge in [0.15, 0.2) is 0 Å². The number of benzene rings is 3. The predicted molar refractivity (Wildman–Crippen MR) is 137 cm³/mol. The maximum atomic E-state index is 13.6. The first-order chi connectivity index (χ1) is 17.8. The van der Waals surface area contributed by atoms with Crippen LogP contribution < -0.4 is 16.0 Å². The standard InChI is InChI=1S/C26H28N4O6S/c31-24(29-21(25(32)33)17-28-26(34)27-16-18-8-2-1-3-9-18)22-13-7-15-30(22)37(35,36)23-14-6-11-19-10-4-5-12-20(19)23/h1-6,8-12,14,21-22H,7,13,15-17H2,(H,29,31)(H,32,33)(H2,27,28,34).